The van der Waals surface area contributed by atoms with Crippen molar-refractivity contribution in [2.24, 2.45) is 0 Å². The third-order valence-corrected chi connectivity index (χ3v) is 3.96. The van der Waals surface area contributed by atoms with Gasteiger partial charge in [0.2, 0.25) is 0 Å². The lowest BCUT2D eigenvalue weighted by Gasteiger charge is -2.28. The molecular formula is C18H28N2O3. The Morgan fingerprint density at radius 3 is 2.78 bits per heavy atom. The normalized spacial score (nSPS) is 18.1. The van der Waals surface area contributed by atoms with Gasteiger partial charge in [0.25, 0.3) is 0 Å². The molecule has 23 heavy (non-hydrogen) atoms. The zero-order valence-corrected chi connectivity index (χ0v) is 14.6. The van der Waals surface area contributed by atoms with Crippen molar-refractivity contribution >= 4 is 11.8 Å². The molecule has 0 aromatic heterocycles. The molecule has 1 heterocycles. The highest BCUT2D eigenvalue weighted by atomic mass is 16.6. The van der Waals surface area contributed by atoms with E-state index in [2.05, 4.69) is 6.92 Å². The molecule has 0 spiro atoms. The summed E-state index contributed by atoms with van der Waals surface area (Å²) in [4.78, 5) is 14.1. The number of amides is 1. The van der Waals surface area contributed by atoms with Crippen molar-refractivity contribution in [2.45, 2.75) is 58.6 Å². The van der Waals surface area contributed by atoms with E-state index in [9.17, 15) is 4.79 Å². The Morgan fingerprint density at radius 1 is 1.39 bits per heavy atom. The number of ether oxygens (including phenoxy) is 2. The monoisotopic (exact) mass is 320 g/mol. The van der Waals surface area contributed by atoms with E-state index in [1.807, 2.05) is 39.0 Å². The molecule has 0 saturated carbocycles. The zero-order chi connectivity index (χ0) is 17.0. The van der Waals surface area contributed by atoms with Crippen LogP contribution in [0.25, 0.3) is 0 Å². The molecule has 1 aliphatic rings. The molecular weight excluding hydrogens is 292 g/mol. The molecule has 0 bridgehead atoms. The molecule has 1 aliphatic heterocycles. The van der Waals surface area contributed by atoms with Crippen LogP contribution in [0.15, 0.2) is 18.2 Å². The molecule has 1 aromatic rings. The van der Waals surface area contributed by atoms with Gasteiger partial charge < -0.3 is 20.1 Å². The minimum absolute atomic E-state index is 0.0518. The number of hydrogen-bond donors (Lipinski definition) is 1. The molecule has 5 nitrogen and oxygen atoms in total. The molecule has 1 saturated heterocycles. The predicted octanol–water partition coefficient (Wildman–Crippen LogP) is 3.61. The number of carbonyl (C=O) groups is 1. The van der Waals surface area contributed by atoms with Crippen LogP contribution in [-0.2, 0) is 11.2 Å². The maximum absolute atomic E-state index is 12.3. The fourth-order valence-corrected chi connectivity index (χ4v) is 2.85. The van der Waals surface area contributed by atoms with Crippen LogP contribution in [0.4, 0.5) is 10.5 Å². The molecule has 1 amide bonds. The molecule has 0 radical (unpaired) electrons. The standard InChI is InChI=1S/C18H28N2O3/c1-5-14-15(19)9-6-10-16(14)22-12-13-8-7-11-20(13)17(21)23-18(2,3)4/h6,9-10,13H,5,7-8,11-12,19H2,1-4H3/t13-/m0/s1. The van der Waals surface area contributed by atoms with Gasteiger partial charge in [0.1, 0.15) is 18.0 Å². The maximum Gasteiger partial charge on any atom is 0.410 e. The van der Waals surface area contributed by atoms with Crippen molar-refractivity contribution in [3.8, 4) is 5.75 Å². The summed E-state index contributed by atoms with van der Waals surface area (Å²) in [6.45, 7) is 8.89. The highest BCUT2D eigenvalue weighted by Crippen LogP contribution is 2.27. The Labute approximate surface area is 138 Å². The SMILES string of the molecule is CCc1c(N)cccc1OC[C@@H]1CCCN1C(=O)OC(C)(C)C. The number of nitrogen functional groups attached to an aromatic ring is 1. The largest absolute Gasteiger partial charge is 0.491 e. The molecule has 1 atom stereocenters. The van der Waals surface area contributed by atoms with Gasteiger partial charge in [-0.2, -0.15) is 0 Å². The summed E-state index contributed by atoms with van der Waals surface area (Å²) in [7, 11) is 0. The third-order valence-electron chi connectivity index (χ3n) is 3.96. The minimum atomic E-state index is -0.478. The summed E-state index contributed by atoms with van der Waals surface area (Å²) < 4.78 is 11.5. The smallest absolute Gasteiger partial charge is 0.410 e. The quantitative estimate of drug-likeness (QED) is 0.861. The van der Waals surface area contributed by atoms with E-state index < -0.39 is 5.60 Å². The Balaban J connectivity index is 2.00. The van der Waals surface area contributed by atoms with E-state index >= 15 is 0 Å². The topological polar surface area (TPSA) is 64.8 Å². The minimum Gasteiger partial charge on any atom is -0.491 e. The number of carbonyl (C=O) groups excluding carboxylic acids is 1. The highest BCUT2D eigenvalue weighted by Gasteiger charge is 2.32. The predicted molar refractivity (Wildman–Crippen MR) is 91.7 cm³/mol. The Morgan fingerprint density at radius 2 is 2.13 bits per heavy atom. The van der Waals surface area contributed by atoms with E-state index in [1.165, 1.54) is 0 Å². The first-order valence-corrected chi connectivity index (χ1v) is 8.31. The zero-order valence-electron chi connectivity index (χ0n) is 14.6. The summed E-state index contributed by atoms with van der Waals surface area (Å²) in [5.41, 5.74) is 7.29. The van der Waals surface area contributed by atoms with Crippen molar-refractivity contribution < 1.29 is 14.3 Å². The van der Waals surface area contributed by atoms with Crippen LogP contribution >= 0.6 is 0 Å². The van der Waals surface area contributed by atoms with Crippen molar-refractivity contribution in [2.75, 3.05) is 18.9 Å². The van der Waals surface area contributed by atoms with E-state index in [1.54, 1.807) is 4.90 Å². The molecule has 2 N–H and O–H groups in total. The van der Waals surface area contributed by atoms with E-state index in [4.69, 9.17) is 15.2 Å². The summed E-state index contributed by atoms with van der Waals surface area (Å²) >= 11 is 0. The van der Waals surface area contributed by atoms with Gasteiger partial charge >= 0.3 is 6.09 Å². The number of rotatable bonds is 4. The first-order valence-electron chi connectivity index (χ1n) is 8.31. The molecule has 0 unspecified atom stereocenters. The lowest BCUT2D eigenvalue weighted by atomic mass is 10.1. The highest BCUT2D eigenvalue weighted by molar-refractivity contribution is 5.69. The van der Waals surface area contributed by atoms with E-state index in [0.717, 1.165) is 42.8 Å². The summed E-state index contributed by atoms with van der Waals surface area (Å²) in [6.07, 6.45) is 2.47. The van der Waals surface area contributed by atoms with Crippen LogP contribution in [-0.4, -0.2) is 35.8 Å². The van der Waals surface area contributed by atoms with Gasteiger partial charge in [-0.3, -0.25) is 0 Å². The number of anilines is 1. The summed E-state index contributed by atoms with van der Waals surface area (Å²) in [6, 6.07) is 5.76. The van der Waals surface area contributed by atoms with Crippen LogP contribution in [0.2, 0.25) is 0 Å². The van der Waals surface area contributed by atoms with Gasteiger partial charge in [-0.05, 0) is 52.2 Å². The molecule has 128 valence electrons. The average molecular weight is 320 g/mol. The van der Waals surface area contributed by atoms with Gasteiger partial charge in [-0.25, -0.2) is 4.79 Å². The first kappa shape index (κ1) is 17.4. The Bertz CT molecular complexity index is 552. The third kappa shape index (κ3) is 4.53. The molecule has 0 aliphatic carbocycles. The molecule has 5 heteroatoms. The van der Waals surface area contributed by atoms with Crippen LogP contribution in [0, 0.1) is 0 Å². The van der Waals surface area contributed by atoms with E-state index in [-0.39, 0.29) is 12.1 Å². The summed E-state index contributed by atoms with van der Waals surface area (Å²) in [5.74, 6) is 0.809. The number of likely N-dealkylation sites (tertiary alicyclic amines) is 1. The van der Waals surface area contributed by atoms with Gasteiger partial charge in [0, 0.05) is 17.8 Å². The Kier molecular flexibility index (Phi) is 5.39. The molecule has 2 rings (SSSR count). The van der Waals surface area contributed by atoms with E-state index in [0.29, 0.717) is 6.61 Å². The van der Waals surface area contributed by atoms with Crippen molar-refractivity contribution in [1.29, 1.82) is 0 Å². The van der Waals surface area contributed by atoms with Crippen LogP contribution in [0.3, 0.4) is 0 Å². The second-order valence-corrected chi connectivity index (χ2v) is 6.96. The van der Waals surface area contributed by atoms with Crippen LogP contribution in [0.5, 0.6) is 5.75 Å². The van der Waals surface area contributed by atoms with Crippen molar-refractivity contribution in [3.05, 3.63) is 23.8 Å². The number of hydrogen-bond acceptors (Lipinski definition) is 4. The number of nitrogens with zero attached hydrogens (tertiary/aromatic N) is 1. The maximum atomic E-state index is 12.3. The lowest BCUT2D eigenvalue weighted by molar-refractivity contribution is 0.0187. The van der Waals surface area contributed by atoms with Gasteiger partial charge in [-0.15, -0.1) is 0 Å². The van der Waals surface area contributed by atoms with Crippen LogP contribution in [0.1, 0.15) is 46.1 Å². The van der Waals surface area contributed by atoms with Crippen molar-refractivity contribution in [3.63, 3.8) is 0 Å². The second-order valence-electron chi connectivity index (χ2n) is 6.96. The van der Waals surface area contributed by atoms with Gasteiger partial charge in [-0.1, -0.05) is 13.0 Å². The second kappa shape index (κ2) is 7.11. The number of nitrogens with two attached hydrogens (primary N) is 1. The Hall–Kier alpha value is -1.91. The molecule has 1 fully saturated rings. The fourth-order valence-electron chi connectivity index (χ4n) is 2.85. The lowest BCUT2D eigenvalue weighted by Crippen LogP contribution is -2.42. The number of benzene rings is 1. The van der Waals surface area contributed by atoms with Crippen LogP contribution < -0.4 is 10.5 Å². The molecule has 1 aromatic carbocycles. The summed E-state index contributed by atoms with van der Waals surface area (Å²) in [5, 5.41) is 0. The van der Waals surface area contributed by atoms with Crippen molar-refractivity contribution in [1.82, 2.24) is 4.90 Å². The fraction of sp³-hybridized carbons (Fsp3) is 0.611. The average Bonchev–Trinajstić information content (AvgIpc) is 2.92. The van der Waals surface area contributed by atoms with Gasteiger partial charge in [0.05, 0.1) is 6.04 Å². The first-order chi connectivity index (χ1) is 10.8. The van der Waals surface area contributed by atoms with Gasteiger partial charge in [0.15, 0.2) is 0 Å².